The molecule has 0 aromatic carbocycles. The number of aliphatic hydroxyl groups is 1. The molecule has 0 saturated carbocycles. The van der Waals surface area contributed by atoms with Gasteiger partial charge in [-0.2, -0.15) is 0 Å². The number of fused-ring (bicyclic) bond motifs is 2. The second-order valence-corrected chi connectivity index (χ2v) is 13.2. The van der Waals surface area contributed by atoms with Crippen LogP contribution in [0.15, 0.2) is 24.3 Å². The largest absolute Gasteiger partial charge is 0.465 e. The third-order valence-electron chi connectivity index (χ3n) is 8.30. The summed E-state index contributed by atoms with van der Waals surface area (Å²) in [5.41, 5.74) is -1.85. The maximum Gasteiger partial charge on any atom is 0.312 e. The van der Waals surface area contributed by atoms with Crippen LogP contribution < -0.4 is 0 Å². The maximum absolute atomic E-state index is 14.6. The first-order valence-corrected chi connectivity index (χ1v) is 13.7. The van der Waals surface area contributed by atoms with Crippen molar-refractivity contribution in [2.75, 3.05) is 19.8 Å². The van der Waals surface area contributed by atoms with Crippen LogP contribution in [0, 0.1) is 23.2 Å². The van der Waals surface area contributed by atoms with Crippen LogP contribution in [0.4, 0.5) is 0 Å². The fourth-order valence-corrected chi connectivity index (χ4v) is 7.11. The molecule has 0 aliphatic carbocycles. The van der Waals surface area contributed by atoms with Gasteiger partial charge < -0.3 is 24.4 Å². The van der Waals surface area contributed by atoms with Crippen molar-refractivity contribution in [1.82, 2.24) is 9.80 Å². The number of cyclic esters (lactones) is 1. The van der Waals surface area contributed by atoms with Crippen LogP contribution in [0.3, 0.4) is 0 Å². The molecule has 1 unspecified atom stereocenters. The molecule has 2 saturated heterocycles. The zero-order chi connectivity index (χ0) is 27.3. The monoisotopic (exact) mass is 516 g/mol. The van der Waals surface area contributed by atoms with Gasteiger partial charge in [0.05, 0.1) is 31.3 Å². The molecule has 8 heteroatoms. The topological polar surface area (TPSA) is 96.4 Å². The summed E-state index contributed by atoms with van der Waals surface area (Å²) in [6.07, 6.45) is 9.12. The van der Waals surface area contributed by atoms with E-state index in [1.807, 2.05) is 43.1 Å². The minimum absolute atomic E-state index is 0.0286. The lowest BCUT2D eigenvalue weighted by molar-refractivity contribution is -0.158. The Kier molecular flexibility index (Phi) is 7.40. The molecule has 1 N–H and O–H groups in total. The fraction of sp³-hybridized carbons (Fsp3) is 0.759. The van der Waals surface area contributed by atoms with E-state index in [1.54, 1.807) is 0 Å². The number of nitrogens with zero attached hydrogens (tertiary/aromatic N) is 2. The van der Waals surface area contributed by atoms with Gasteiger partial charge >= 0.3 is 5.97 Å². The molecule has 0 aromatic heterocycles. The summed E-state index contributed by atoms with van der Waals surface area (Å²) in [6.45, 7) is 14.8. The van der Waals surface area contributed by atoms with Crippen LogP contribution in [-0.2, 0) is 23.9 Å². The summed E-state index contributed by atoms with van der Waals surface area (Å²) in [6, 6.07) is -1.58. The summed E-state index contributed by atoms with van der Waals surface area (Å²) in [4.78, 5) is 45.5. The van der Waals surface area contributed by atoms with Crippen molar-refractivity contribution in [1.29, 1.82) is 0 Å². The second kappa shape index (κ2) is 9.84. The van der Waals surface area contributed by atoms with Gasteiger partial charge in [0.25, 0.3) is 0 Å². The van der Waals surface area contributed by atoms with Gasteiger partial charge in [-0.1, -0.05) is 58.9 Å². The molecule has 4 aliphatic rings. The zero-order valence-electron chi connectivity index (χ0n) is 23.4. The Hall–Kier alpha value is -2.19. The molecule has 4 rings (SSSR count). The highest BCUT2D eigenvalue weighted by Gasteiger charge is 2.73. The average molecular weight is 517 g/mol. The lowest BCUT2D eigenvalue weighted by atomic mass is 9.77. The van der Waals surface area contributed by atoms with E-state index in [1.165, 1.54) is 4.90 Å². The molecule has 0 radical (unpaired) electrons. The van der Waals surface area contributed by atoms with E-state index in [-0.39, 0.29) is 36.4 Å². The van der Waals surface area contributed by atoms with E-state index in [2.05, 4.69) is 34.6 Å². The van der Waals surface area contributed by atoms with E-state index in [9.17, 15) is 19.5 Å². The Bertz CT molecular complexity index is 979. The minimum atomic E-state index is -1.32. The number of amides is 2. The number of ether oxygens (including phenoxy) is 2. The van der Waals surface area contributed by atoms with Crippen molar-refractivity contribution in [3.63, 3.8) is 0 Å². The van der Waals surface area contributed by atoms with Crippen molar-refractivity contribution in [2.45, 2.75) is 97.1 Å². The van der Waals surface area contributed by atoms with Gasteiger partial charge in [0.15, 0.2) is 0 Å². The second-order valence-electron chi connectivity index (χ2n) is 13.2. The van der Waals surface area contributed by atoms with Crippen molar-refractivity contribution in [2.24, 2.45) is 23.2 Å². The van der Waals surface area contributed by atoms with Crippen molar-refractivity contribution in [3.05, 3.63) is 24.3 Å². The average Bonchev–Trinajstić information content (AvgIpc) is 3.17. The minimum Gasteiger partial charge on any atom is -0.465 e. The third kappa shape index (κ3) is 4.76. The van der Waals surface area contributed by atoms with Gasteiger partial charge in [0.2, 0.25) is 11.8 Å². The number of carbonyl (C=O) groups excluding carboxylic acids is 3. The number of carbonyl (C=O) groups is 3. The third-order valence-corrected chi connectivity index (χ3v) is 8.30. The predicted molar refractivity (Wildman–Crippen MR) is 139 cm³/mol. The molecular weight excluding hydrogens is 472 g/mol. The molecule has 206 valence electrons. The Morgan fingerprint density at radius 1 is 1.11 bits per heavy atom. The molecule has 37 heavy (non-hydrogen) atoms. The summed E-state index contributed by atoms with van der Waals surface area (Å²) >= 11 is 0. The van der Waals surface area contributed by atoms with Gasteiger partial charge in [-0.25, -0.2) is 0 Å². The van der Waals surface area contributed by atoms with Gasteiger partial charge in [-0.05, 0) is 44.4 Å². The quantitative estimate of drug-likeness (QED) is 0.446. The van der Waals surface area contributed by atoms with Gasteiger partial charge in [0.1, 0.15) is 17.6 Å². The first-order chi connectivity index (χ1) is 17.2. The lowest BCUT2D eigenvalue weighted by Gasteiger charge is -2.45. The molecule has 6 atom stereocenters. The van der Waals surface area contributed by atoms with Crippen molar-refractivity contribution in [3.8, 4) is 0 Å². The lowest BCUT2D eigenvalue weighted by Crippen LogP contribution is -2.62. The molecular formula is C29H44N2O6. The smallest absolute Gasteiger partial charge is 0.312 e. The number of allylic oxidation sites excluding steroid dienone is 1. The van der Waals surface area contributed by atoms with E-state index >= 15 is 0 Å². The molecule has 0 aromatic rings. The summed E-state index contributed by atoms with van der Waals surface area (Å²) in [5.74, 6) is -2.87. The zero-order valence-corrected chi connectivity index (χ0v) is 23.4. The van der Waals surface area contributed by atoms with Crippen LogP contribution in [0.2, 0.25) is 0 Å². The number of hydrogen-bond donors (Lipinski definition) is 1. The molecule has 1 spiro atoms. The van der Waals surface area contributed by atoms with E-state index in [4.69, 9.17) is 9.47 Å². The van der Waals surface area contributed by atoms with Gasteiger partial charge in [-0.15, -0.1) is 0 Å². The van der Waals surface area contributed by atoms with Gasteiger partial charge in [-0.3, -0.25) is 14.4 Å². The SMILES string of the molecule is CC(C)[C@H](CO)N1C(=O)[C@@H]2[C@H]3C(=O)OCCC/C=C\[C@H]3O[C@@]23C=CCN(C(C)(C)CC(C)(C)C)C(=O)C13. The van der Waals surface area contributed by atoms with Gasteiger partial charge in [0, 0.05) is 12.1 Å². The van der Waals surface area contributed by atoms with Crippen LogP contribution in [-0.4, -0.2) is 81.8 Å². The first-order valence-electron chi connectivity index (χ1n) is 13.7. The van der Waals surface area contributed by atoms with E-state index < -0.39 is 47.1 Å². The molecule has 4 aliphatic heterocycles. The normalized spacial score (nSPS) is 34.2. The standard InChI is InChI=1S/C29H44N2O6/c1-18(2)19(16-32)31-23-25(34)30(28(6,7)17-27(3,4)5)14-11-13-29(23)22(24(31)33)21-20(37-29)12-9-8-10-15-36-26(21)35/h9,11-13,18-23,32H,8,10,14-17H2,1-7H3/b12-9-/t19-,20+,21-,22-,23?,29-/m0/s1. The highest BCUT2D eigenvalue weighted by atomic mass is 16.6. The Labute approximate surface area is 221 Å². The summed E-state index contributed by atoms with van der Waals surface area (Å²) < 4.78 is 12.2. The van der Waals surface area contributed by atoms with Crippen LogP contribution in [0.25, 0.3) is 0 Å². The highest BCUT2D eigenvalue weighted by Crippen LogP contribution is 2.54. The molecule has 0 bridgehead atoms. The Balaban J connectivity index is 1.86. The van der Waals surface area contributed by atoms with Crippen LogP contribution >= 0.6 is 0 Å². The summed E-state index contributed by atoms with van der Waals surface area (Å²) in [7, 11) is 0. The number of aliphatic hydroxyl groups excluding tert-OH is 1. The number of esters is 1. The molecule has 2 amide bonds. The first kappa shape index (κ1) is 27.8. The van der Waals surface area contributed by atoms with Crippen molar-refractivity contribution >= 4 is 17.8 Å². The summed E-state index contributed by atoms with van der Waals surface area (Å²) in [5, 5.41) is 10.4. The Morgan fingerprint density at radius 3 is 2.43 bits per heavy atom. The fourth-order valence-electron chi connectivity index (χ4n) is 7.11. The predicted octanol–water partition coefficient (Wildman–Crippen LogP) is 3.09. The Morgan fingerprint density at radius 2 is 1.81 bits per heavy atom. The van der Waals surface area contributed by atoms with Crippen LogP contribution in [0.5, 0.6) is 0 Å². The molecule has 8 nitrogen and oxygen atoms in total. The highest BCUT2D eigenvalue weighted by molar-refractivity contribution is 5.99. The van der Waals surface area contributed by atoms with E-state index in [0.29, 0.717) is 13.0 Å². The molecule has 4 heterocycles. The number of rotatable bonds is 5. The number of hydrogen-bond acceptors (Lipinski definition) is 6. The van der Waals surface area contributed by atoms with Crippen molar-refractivity contribution < 1.29 is 29.0 Å². The van der Waals surface area contributed by atoms with E-state index in [0.717, 1.165) is 12.8 Å². The molecule has 2 fully saturated rings. The maximum atomic E-state index is 14.6. The van der Waals surface area contributed by atoms with Crippen LogP contribution in [0.1, 0.15) is 67.7 Å². The number of likely N-dealkylation sites (tertiary alicyclic amines) is 1.